The van der Waals surface area contributed by atoms with Crippen molar-refractivity contribution in [1.29, 1.82) is 0 Å². The second kappa shape index (κ2) is 6.11. The Kier molecular flexibility index (Phi) is 4.42. The fourth-order valence-corrected chi connectivity index (χ4v) is 2.50. The molecule has 6 heteroatoms. The van der Waals surface area contributed by atoms with Crippen LogP contribution in [-0.2, 0) is 9.84 Å². The SMILES string of the molecule is CC(=O)c1cccc(NC(=O)c2ccc(S(C)(=O)=O)cc2)c1. The molecule has 0 heterocycles. The smallest absolute Gasteiger partial charge is 0.255 e. The minimum absolute atomic E-state index is 0.0893. The van der Waals surface area contributed by atoms with Crippen molar-refractivity contribution in [2.24, 2.45) is 0 Å². The maximum Gasteiger partial charge on any atom is 0.255 e. The Morgan fingerprint density at radius 2 is 1.59 bits per heavy atom. The molecule has 2 aromatic rings. The highest BCUT2D eigenvalue weighted by Crippen LogP contribution is 2.14. The quantitative estimate of drug-likeness (QED) is 0.879. The molecule has 114 valence electrons. The van der Waals surface area contributed by atoms with Crippen molar-refractivity contribution in [3.05, 3.63) is 59.7 Å². The third-order valence-electron chi connectivity index (χ3n) is 3.07. The summed E-state index contributed by atoms with van der Waals surface area (Å²) >= 11 is 0. The van der Waals surface area contributed by atoms with Crippen molar-refractivity contribution < 1.29 is 18.0 Å². The number of rotatable bonds is 4. The summed E-state index contributed by atoms with van der Waals surface area (Å²) in [5.41, 5.74) is 1.34. The summed E-state index contributed by atoms with van der Waals surface area (Å²) in [5.74, 6) is -0.464. The van der Waals surface area contributed by atoms with Crippen LogP contribution < -0.4 is 5.32 Å². The summed E-state index contributed by atoms with van der Waals surface area (Å²) in [6.07, 6.45) is 1.11. The molecule has 0 unspecified atom stereocenters. The molecule has 0 radical (unpaired) electrons. The van der Waals surface area contributed by atoms with Gasteiger partial charge in [-0.3, -0.25) is 9.59 Å². The first kappa shape index (κ1) is 15.9. The van der Waals surface area contributed by atoms with Crippen LogP contribution in [0.3, 0.4) is 0 Å². The van der Waals surface area contributed by atoms with Crippen molar-refractivity contribution in [3.8, 4) is 0 Å². The molecular weight excluding hydrogens is 302 g/mol. The average molecular weight is 317 g/mol. The van der Waals surface area contributed by atoms with E-state index in [4.69, 9.17) is 0 Å². The second-order valence-corrected chi connectivity index (χ2v) is 6.90. The van der Waals surface area contributed by atoms with Crippen LogP contribution in [0.25, 0.3) is 0 Å². The Hall–Kier alpha value is -2.47. The van der Waals surface area contributed by atoms with Gasteiger partial charge >= 0.3 is 0 Å². The summed E-state index contributed by atoms with van der Waals surface area (Å²) < 4.78 is 22.7. The number of hydrogen-bond acceptors (Lipinski definition) is 4. The summed E-state index contributed by atoms with van der Waals surface area (Å²) in [6.45, 7) is 1.45. The fraction of sp³-hybridized carbons (Fsp3) is 0.125. The van der Waals surface area contributed by atoms with E-state index >= 15 is 0 Å². The molecule has 0 aromatic heterocycles. The lowest BCUT2D eigenvalue weighted by Gasteiger charge is -2.07. The second-order valence-electron chi connectivity index (χ2n) is 4.89. The molecule has 0 aliphatic heterocycles. The number of carbonyl (C=O) groups is 2. The maximum atomic E-state index is 12.1. The van der Waals surface area contributed by atoms with Crippen LogP contribution in [0.2, 0.25) is 0 Å². The Morgan fingerprint density at radius 3 is 2.14 bits per heavy atom. The number of sulfone groups is 1. The van der Waals surface area contributed by atoms with Crippen molar-refractivity contribution >= 4 is 27.2 Å². The van der Waals surface area contributed by atoms with Gasteiger partial charge in [0.1, 0.15) is 0 Å². The zero-order valence-electron chi connectivity index (χ0n) is 12.2. The first-order chi connectivity index (χ1) is 10.3. The minimum atomic E-state index is -3.29. The van der Waals surface area contributed by atoms with Gasteiger partial charge in [-0.1, -0.05) is 12.1 Å². The predicted octanol–water partition coefficient (Wildman–Crippen LogP) is 2.55. The molecule has 1 amide bonds. The van der Waals surface area contributed by atoms with E-state index in [0.29, 0.717) is 16.8 Å². The summed E-state index contributed by atoms with van der Waals surface area (Å²) in [5, 5.41) is 2.67. The Labute approximate surface area is 128 Å². The Bertz CT molecular complexity index is 823. The fourth-order valence-electron chi connectivity index (χ4n) is 1.87. The molecule has 0 aliphatic rings. The van der Waals surface area contributed by atoms with Crippen LogP contribution >= 0.6 is 0 Å². The number of Topliss-reactive ketones (excluding diaryl/α,β-unsaturated/α-hetero) is 1. The number of ketones is 1. The average Bonchev–Trinajstić information content (AvgIpc) is 2.46. The molecule has 22 heavy (non-hydrogen) atoms. The zero-order valence-corrected chi connectivity index (χ0v) is 13.0. The highest BCUT2D eigenvalue weighted by atomic mass is 32.2. The Morgan fingerprint density at radius 1 is 0.955 bits per heavy atom. The monoisotopic (exact) mass is 317 g/mol. The highest BCUT2D eigenvalue weighted by molar-refractivity contribution is 7.90. The lowest BCUT2D eigenvalue weighted by molar-refractivity contribution is 0.101. The van der Waals surface area contributed by atoms with Gasteiger partial charge in [-0.05, 0) is 43.3 Å². The van der Waals surface area contributed by atoms with Crippen LogP contribution in [0.4, 0.5) is 5.69 Å². The number of nitrogens with one attached hydrogen (secondary N) is 1. The van der Waals surface area contributed by atoms with E-state index in [1.165, 1.54) is 31.2 Å². The number of amides is 1. The number of hydrogen-bond donors (Lipinski definition) is 1. The first-order valence-electron chi connectivity index (χ1n) is 6.50. The molecular formula is C16H15NO4S. The van der Waals surface area contributed by atoms with Gasteiger partial charge in [0.2, 0.25) is 0 Å². The van der Waals surface area contributed by atoms with Crippen LogP contribution in [-0.4, -0.2) is 26.4 Å². The van der Waals surface area contributed by atoms with E-state index in [1.54, 1.807) is 24.3 Å². The number of anilines is 1. The molecule has 0 saturated heterocycles. The van der Waals surface area contributed by atoms with Gasteiger partial charge in [0.25, 0.3) is 5.91 Å². The van der Waals surface area contributed by atoms with Crippen molar-refractivity contribution in [3.63, 3.8) is 0 Å². The van der Waals surface area contributed by atoms with Gasteiger partial charge in [0.05, 0.1) is 4.90 Å². The van der Waals surface area contributed by atoms with E-state index in [9.17, 15) is 18.0 Å². The van der Waals surface area contributed by atoms with Crippen molar-refractivity contribution in [1.82, 2.24) is 0 Å². The van der Waals surface area contributed by atoms with Gasteiger partial charge in [-0.25, -0.2) is 8.42 Å². The van der Waals surface area contributed by atoms with Gasteiger partial charge in [-0.2, -0.15) is 0 Å². The van der Waals surface area contributed by atoms with Crippen molar-refractivity contribution in [2.75, 3.05) is 11.6 Å². The standard InChI is InChI=1S/C16H15NO4S/c1-11(18)13-4-3-5-14(10-13)17-16(19)12-6-8-15(9-7-12)22(2,20)21/h3-10H,1-2H3,(H,17,19). The third kappa shape index (κ3) is 3.79. The van der Waals surface area contributed by atoms with Gasteiger partial charge in [-0.15, -0.1) is 0 Å². The lowest BCUT2D eigenvalue weighted by atomic mass is 10.1. The molecule has 0 spiro atoms. The largest absolute Gasteiger partial charge is 0.322 e. The molecule has 0 saturated carbocycles. The molecule has 1 N–H and O–H groups in total. The minimum Gasteiger partial charge on any atom is -0.322 e. The van der Waals surface area contributed by atoms with E-state index < -0.39 is 9.84 Å². The Balaban J connectivity index is 2.19. The van der Waals surface area contributed by atoms with Crippen molar-refractivity contribution in [2.45, 2.75) is 11.8 Å². The molecule has 0 fully saturated rings. The molecule has 2 rings (SSSR count). The van der Waals surface area contributed by atoms with Crippen LogP contribution in [0.1, 0.15) is 27.6 Å². The molecule has 0 bridgehead atoms. The molecule has 0 atom stereocenters. The van der Waals surface area contributed by atoms with Crippen LogP contribution in [0, 0.1) is 0 Å². The van der Waals surface area contributed by atoms with E-state index in [1.807, 2.05) is 0 Å². The van der Waals surface area contributed by atoms with Gasteiger partial charge < -0.3 is 5.32 Å². The summed E-state index contributed by atoms with van der Waals surface area (Å²) in [6, 6.07) is 12.3. The third-order valence-corrected chi connectivity index (χ3v) is 4.20. The van der Waals surface area contributed by atoms with E-state index in [-0.39, 0.29) is 16.6 Å². The van der Waals surface area contributed by atoms with E-state index in [0.717, 1.165) is 6.26 Å². The molecule has 5 nitrogen and oxygen atoms in total. The summed E-state index contributed by atoms with van der Waals surface area (Å²) in [4.78, 5) is 23.6. The highest BCUT2D eigenvalue weighted by Gasteiger charge is 2.10. The van der Waals surface area contributed by atoms with Gasteiger partial charge in [0.15, 0.2) is 15.6 Å². The van der Waals surface area contributed by atoms with Crippen LogP contribution in [0.5, 0.6) is 0 Å². The normalized spacial score (nSPS) is 11.0. The maximum absolute atomic E-state index is 12.1. The number of benzene rings is 2. The number of carbonyl (C=O) groups excluding carboxylic acids is 2. The topological polar surface area (TPSA) is 80.3 Å². The molecule has 0 aliphatic carbocycles. The predicted molar refractivity (Wildman–Crippen MR) is 84.0 cm³/mol. The van der Waals surface area contributed by atoms with Crippen LogP contribution in [0.15, 0.2) is 53.4 Å². The van der Waals surface area contributed by atoms with Gasteiger partial charge in [0, 0.05) is 23.1 Å². The lowest BCUT2D eigenvalue weighted by Crippen LogP contribution is -2.12. The molecule has 2 aromatic carbocycles. The first-order valence-corrected chi connectivity index (χ1v) is 8.39. The van der Waals surface area contributed by atoms with E-state index in [2.05, 4.69) is 5.32 Å². The zero-order chi connectivity index (χ0) is 16.3. The summed E-state index contributed by atoms with van der Waals surface area (Å²) in [7, 11) is -3.29.